The lowest BCUT2D eigenvalue weighted by Gasteiger charge is -2.19. The van der Waals surface area contributed by atoms with Crippen LogP contribution in [0, 0.1) is 5.92 Å². The van der Waals surface area contributed by atoms with Gasteiger partial charge in [-0.05, 0) is 31.0 Å². The molecule has 1 aliphatic carbocycles. The van der Waals surface area contributed by atoms with Gasteiger partial charge in [0.15, 0.2) is 0 Å². The highest BCUT2D eigenvalue weighted by Gasteiger charge is 2.42. The summed E-state index contributed by atoms with van der Waals surface area (Å²) < 4.78 is 32.0. The highest BCUT2D eigenvalue weighted by Crippen LogP contribution is 2.33. The number of hydrogen-bond donors (Lipinski definition) is 1. The molecule has 8 heteroatoms. The number of halogens is 2. The molecule has 2 rings (SSSR count). The molecule has 1 N–H and O–H groups in total. The molecule has 0 spiro atoms. The zero-order valence-electron chi connectivity index (χ0n) is 11.3. The molecule has 1 aromatic rings. The van der Waals surface area contributed by atoms with Crippen LogP contribution in [0.3, 0.4) is 0 Å². The number of ether oxygens (including phenoxy) is 1. The van der Waals surface area contributed by atoms with Gasteiger partial charge >= 0.3 is 5.97 Å². The molecule has 0 heterocycles. The summed E-state index contributed by atoms with van der Waals surface area (Å²) in [7, 11) is -2.46. The molecule has 116 valence electrons. The van der Waals surface area contributed by atoms with Crippen molar-refractivity contribution in [1.82, 2.24) is 0 Å². The van der Waals surface area contributed by atoms with Crippen LogP contribution >= 0.6 is 23.2 Å². The van der Waals surface area contributed by atoms with Crippen LogP contribution in [0.15, 0.2) is 18.2 Å². The largest absolute Gasteiger partial charge is 0.469 e. The maximum atomic E-state index is 12.5. The Hall–Kier alpha value is -0.980. The minimum absolute atomic E-state index is 0.281. The third-order valence-corrected chi connectivity index (χ3v) is 5.80. The zero-order valence-corrected chi connectivity index (χ0v) is 13.6. The van der Waals surface area contributed by atoms with Gasteiger partial charge in [0.2, 0.25) is 10.0 Å². The van der Waals surface area contributed by atoms with Crippen LogP contribution < -0.4 is 4.72 Å². The van der Waals surface area contributed by atoms with Crippen LogP contribution in [-0.4, -0.2) is 26.7 Å². The molecule has 0 saturated heterocycles. The Labute approximate surface area is 133 Å². The lowest BCUT2D eigenvalue weighted by atomic mass is 10.1. The van der Waals surface area contributed by atoms with E-state index >= 15 is 0 Å². The fraction of sp³-hybridized carbons (Fsp3) is 0.462. The van der Waals surface area contributed by atoms with Gasteiger partial charge in [0, 0.05) is 10.0 Å². The van der Waals surface area contributed by atoms with E-state index in [1.54, 1.807) is 0 Å². The predicted octanol–water partition coefficient (Wildman–Crippen LogP) is 3.08. The minimum atomic E-state index is -3.72. The summed E-state index contributed by atoms with van der Waals surface area (Å²) in [6, 6.07) is 4.44. The monoisotopic (exact) mass is 351 g/mol. The van der Waals surface area contributed by atoms with E-state index in [9.17, 15) is 13.2 Å². The van der Waals surface area contributed by atoms with Gasteiger partial charge in [0.1, 0.15) is 0 Å². The number of benzene rings is 1. The Morgan fingerprint density at radius 2 is 1.86 bits per heavy atom. The Bertz CT molecular complexity index is 627. The second-order valence-electron chi connectivity index (χ2n) is 4.90. The number of nitrogens with one attached hydrogen (secondary N) is 1. The van der Waals surface area contributed by atoms with E-state index in [2.05, 4.69) is 9.46 Å². The highest BCUT2D eigenvalue weighted by molar-refractivity contribution is 7.93. The summed E-state index contributed by atoms with van der Waals surface area (Å²) in [5, 5.41) is -0.144. The predicted molar refractivity (Wildman–Crippen MR) is 82.1 cm³/mol. The fourth-order valence-corrected chi connectivity index (χ4v) is 4.85. The molecule has 5 nitrogen and oxygen atoms in total. The fourth-order valence-electron chi connectivity index (χ4n) is 2.57. The molecule has 1 saturated carbocycles. The molecule has 0 amide bonds. The molecule has 0 bridgehead atoms. The van der Waals surface area contributed by atoms with Gasteiger partial charge in [0.05, 0.1) is 24.0 Å². The van der Waals surface area contributed by atoms with Gasteiger partial charge in [-0.3, -0.25) is 9.52 Å². The Morgan fingerprint density at radius 1 is 1.24 bits per heavy atom. The molecular formula is C13H15Cl2NO4S. The van der Waals surface area contributed by atoms with Crippen LogP contribution in [0.4, 0.5) is 5.69 Å². The van der Waals surface area contributed by atoms with E-state index in [1.165, 1.54) is 25.3 Å². The highest BCUT2D eigenvalue weighted by atomic mass is 35.5. The molecule has 2 atom stereocenters. The van der Waals surface area contributed by atoms with Gasteiger partial charge in [0.25, 0.3) is 0 Å². The van der Waals surface area contributed by atoms with E-state index in [0.717, 1.165) is 0 Å². The number of hydrogen-bond acceptors (Lipinski definition) is 4. The number of methoxy groups -OCH3 is 1. The van der Waals surface area contributed by atoms with Crippen molar-refractivity contribution < 1.29 is 17.9 Å². The SMILES string of the molecule is COC(=O)C1CCCC1S(=O)(=O)Nc1cc(Cl)cc(Cl)c1. The molecule has 0 aliphatic heterocycles. The van der Waals surface area contributed by atoms with E-state index in [4.69, 9.17) is 23.2 Å². The molecule has 1 fully saturated rings. The first kappa shape index (κ1) is 16.4. The van der Waals surface area contributed by atoms with Crippen molar-refractivity contribution in [1.29, 1.82) is 0 Å². The normalized spacial score (nSPS) is 22.0. The number of anilines is 1. The molecule has 2 unspecified atom stereocenters. The maximum Gasteiger partial charge on any atom is 0.310 e. The van der Waals surface area contributed by atoms with E-state index < -0.39 is 27.2 Å². The average molecular weight is 352 g/mol. The maximum absolute atomic E-state index is 12.5. The van der Waals surface area contributed by atoms with Gasteiger partial charge < -0.3 is 4.74 Å². The molecule has 1 aliphatic rings. The lowest BCUT2D eigenvalue weighted by molar-refractivity contribution is -0.145. The summed E-state index contributed by atoms with van der Waals surface area (Å²) in [5.74, 6) is -1.13. The van der Waals surface area contributed by atoms with Crippen molar-refractivity contribution in [3.63, 3.8) is 0 Å². The van der Waals surface area contributed by atoms with Crippen LogP contribution in [-0.2, 0) is 19.6 Å². The summed E-state index contributed by atoms with van der Waals surface area (Å²) in [5.41, 5.74) is 0.281. The van der Waals surface area contributed by atoms with Crippen molar-refractivity contribution in [3.8, 4) is 0 Å². The van der Waals surface area contributed by atoms with Gasteiger partial charge in [-0.2, -0.15) is 0 Å². The Balaban J connectivity index is 2.23. The second kappa shape index (κ2) is 6.42. The van der Waals surface area contributed by atoms with E-state index in [-0.39, 0.29) is 5.69 Å². The van der Waals surface area contributed by atoms with Crippen LogP contribution in [0.2, 0.25) is 10.0 Å². The molecule has 0 aromatic heterocycles. The van der Waals surface area contributed by atoms with E-state index in [1.807, 2.05) is 0 Å². The third kappa shape index (κ3) is 3.81. The molecule has 0 radical (unpaired) electrons. The number of carbonyl (C=O) groups excluding carboxylic acids is 1. The quantitative estimate of drug-likeness (QED) is 0.846. The van der Waals surface area contributed by atoms with Crippen molar-refractivity contribution in [2.75, 3.05) is 11.8 Å². The Morgan fingerprint density at radius 3 is 2.43 bits per heavy atom. The topological polar surface area (TPSA) is 72.5 Å². The summed E-state index contributed by atoms with van der Waals surface area (Å²) in [6.45, 7) is 0. The minimum Gasteiger partial charge on any atom is -0.469 e. The van der Waals surface area contributed by atoms with Crippen molar-refractivity contribution >= 4 is 44.9 Å². The number of esters is 1. The molecule has 21 heavy (non-hydrogen) atoms. The number of sulfonamides is 1. The second-order valence-corrected chi connectivity index (χ2v) is 7.68. The first-order chi connectivity index (χ1) is 9.83. The average Bonchev–Trinajstić information content (AvgIpc) is 2.85. The van der Waals surface area contributed by atoms with Crippen LogP contribution in [0.1, 0.15) is 19.3 Å². The van der Waals surface area contributed by atoms with Gasteiger partial charge in [-0.25, -0.2) is 8.42 Å². The van der Waals surface area contributed by atoms with Crippen molar-refractivity contribution in [2.24, 2.45) is 5.92 Å². The summed E-state index contributed by atoms with van der Waals surface area (Å²) in [6.07, 6.45) is 1.60. The standard InChI is InChI=1S/C13H15Cl2NO4S/c1-20-13(17)11-3-2-4-12(11)21(18,19)16-10-6-8(14)5-9(15)7-10/h5-7,11-12,16H,2-4H2,1H3. The van der Waals surface area contributed by atoms with Crippen molar-refractivity contribution in [2.45, 2.75) is 24.5 Å². The zero-order chi connectivity index (χ0) is 15.6. The third-order valence-electron chi connectivity index (χ3n) is 3.48. The smallest absolute Gasteiger partial charge is 0.310 e. The van der Waals surface area contributed by atoms with Crippen LogP contribution in [0.25, 0.3) is 0 Å². The van der Waals surface area contributed by atoms with Crippen LogP contribution in [0.5, 0.6) is 0 Å². The molecular weight excluding hydrogens is 337 g/mol. The van der Waals surface area contributed by atoms with Gasteiger partial charge in [-0.1, -0.05) is 29.6 Å². The number of carbonyl (C=O) groups is 1. The molecule has 1 aromatic carbocycles. The van der Waals surface area contributed by atoms with Gasteiger partial charge in [-0.15, -0.1) is 0 Å². The van der Waals surface area contributed by atoms with E-state index in [0.29, 0.717) is 29.3 Å². The summed E-state index contributed by atoms with van der Waals surface area (Å²) in [4.78, 5) is 11.7. The number of rotatable bonds is 4. The summed E-state index contributed by atoms with van der Waals surface area (Å²) >= 11 is 11.7. The lowest BCUT2D eigenvalue weighted by Crippen LogP contribution is -2.35. The first-order valence-electron chi connectivity index (χ1n) is 6.39. The first-order valence-corrected chi connectivity index (χ1v) is 8.69. The van der Waals surface area contributed by atoms with Crippen molar-refractivity contribution in [3.05, 3.63) is 28.2 Å². The Kier molecular flexibility index (Phi) is 5.01.